The van der Waals surface area contributed by atoms with Crippen LogP contribution >= 0.6 is 0 Å². The number of aromatic nitrogens is 2. The van der Waals surface area contributed by atoms with Gasteiger partial charge in [-0.3, -0.25) is 4.79 Å². The first-order chi connectivity index (χ1) is 13.2. The average Bonchev–Trinajstić information content (AvgIpc) is 3.30. The summed E-state index contributed by atoms with van der Waals surface area (Å²) in [5.41, 5.74) is 2.17. The van der Waals surface area contributed by atoms with E-state index in [4.69, 9.17) is 6.42 Å². The van der Waals surface area contributed by atoms with E-state index in [2.05, 4.69) is 36.3 Å². The van der Waals surface area contributed by atoms with Gasteiger partial charge >= 0.3 is 0 Å². The number of hydrogen-bond acceptors (Lipinski definition) is 6. The van der Waals surface area contributed by atoms with E-state index in [9.17, 15) is 4.79 Å². The lowest BCUT2D eigenvalue weighted by molar-refractivity contribution is -0.122. The van der Waals surface area contributed by atoms with Crippen LogP contribution in [0.4, 0.5) is 5.82 Å². The van der Waals surface area contributed by atoms with Gasteiger partial charge in [0, 0.05) is 56.1 Å². The molecule has 1 amide bonds. The highest BCUT2D eigenvalue weighted by Crippen LogP contribution is 2.37. The van der Waals surface area contributed by atoms with Gasteiger partial charge in [-0.25, -0.2) is 9.97 Å². The Bertz CT molecular complexity index is 769. The maximum Gasteiger partial charge on any atom is 0.220 e. The highest BCUT2D eigenvalue weighted by molar-refractivity contribution is 5.76. The zero-order chi connectivity index (χ0) is 18.7. The van der Waals surface area contributed by atoms with Gasteiger partial charge in [0.2, 0.25) is 5.91 Å². The molecule has 3 heterocycles. The number of terminal acetylenes is 1. The van der Waals surface area contributed by atoms with Gasteiger partial charge in [0.15, 0.2) is 5.66 Å². The van der Waals surface area contributed by atoms with Crippen molar-refractivity contribution in [3.8, 4) is 12.3 Å². The van der Waals surface area contributed by atoms with Gasteiger partial charge in [0.25, 0.3) is 0 Å². The smallest absolute Gasteiger partial charge is 0.220 e. The zero-order valence-corrected chi connectivity index (χ0v) is 15.7. The maximum absolute atomic E-state index is 12.3. The molecule has 1 aliphatic carbocycles. The van der Waals surface area contributed by atoms with Crippen LogP contribution in [0.2, 0.25) is 0 Å². The summed E-state index contributed by atoms with van der Waals surface area (Å²) in [6.45, 7) is 1.84. The summed E-state index contributed by atoms with van der Waals surface area (Å²) in [6.07, 6.45) is 14.7. The topological polar surface area (TPSA) is 82.8 Å². The standard InChI is InChI=1S/C20H26N6O/c1-2-3-10-20(24-25-20)11-7-18(27)23-15-8-12-26(13-9-15)19-16-5-4-6-17(16)21-14-22-19/h1,14-15H,3-13H2,(H,23,27). The fraction of sp³-hybridized carbons (Fsp3) is 0.650. The molecule has 1 N–H and O–H groups in total. The molecule has 1 saturated heterocycles. The van der Waals surface area contributed by atoms with E-state index in [-0.39, 0.29) is 17.6 Å². The second-order valence-corrected chi connectivity index (χ2v) is 7.69. The summed E-state index contributed by atoms with van der Waals surface area (Å²) in [5.74, 6) is 3.81. The molecule has 0 radical (unpaired) electrons. The molecule has 0 unspecified atom stereocenters. The molecule has 0 aromatic carbocycles. The van der Waals surface area contributed by atoms with Crippen LogP contribution in [0.15, 0.2) is 16.6 Å². The lowest BCUT2D eigenvalue weighted by Crippen LogP contribution is -2.45. The van der Waals surface area contributed by atoms with Gasteiger partial charge < -0.3 is 10.2 Å². The number of piperidine rings is 1. The molecule has 27 heavy (non-hydrogen) atoms. The monoisotopic (exact) mass is 366 g/mol. The summed E-state index contributed by atoms with van der Waals surface area (Å²) in [5, 5.41) is 11.4. The highest BCUT2D eigenvalue weighted by Gasteiger charge is 2.39. The molecule has 7 nitrogen and oxygen atoms in total. The molecular weight excluding hydrogens is 340 g/mol. The molecule has 2 aliphatic heterocycles. The Morgan fingerprint density at radius 2 is 2.07 bits per heavy atom. The Morgan fingerprint density at radius 1 is 1.26 bits per heavy atom. The molecule has 0 spiro atoms. The minimum atomic E-state index is -0.375. The predicted molar refractivity (Wildman–Crippen MR) is 102 cm³/mol. The molecule has 1 aromatic heterocycles. The lowest BCUT2D eigenvalue weighted by Gasteiger charge is -2.34. The summed E-state index contributed by atoms with van der Waals surface area (Å²) in [4.78, 5) is 23.6. The van der Waals surface area contributed by atoms with Crippen molar-refractivity contribution >= 4 is 11.7 Å². The Balaban J connectivity index is 1.23. The summed E-state index contributed by atoms with van der Waals surface area (Å²) in [6, 6.07) is 0.235. The van der Waals surface area contributed by atoms with Crippen LogP contribution in [0, 0.1) is 12.3 Å². The maximum atomic E-state index is 12.3. The molecule has 3 aliphatic rings. The number of fused-ring (bicyclic) bond motifs is 1. The molecule has 0 bridgehead atoms. The molecule has 7 heteroatoms. The molecule has 142 valence electrons. The third-order valence-corrected chi connectivity index (χ3v) is 5.82. The van der Waals surface area contributed by atoms with Crippen LogP contribution in [0.1, 0.15) is 56.2 Å². The Hall–Kier alpha value is -2.49. The van der Waals surface area contributed by atoms with E-state index >= 15 is 0 Å². The van der Waals surface area contributed by atoms with E-state index in [0.717, 1.165) is 51.0 Å². The number of nitrogens with one attached hydrogen (secondary N) is 1. The van der Waals surface area contributed by atoms with Crippen LogP contribution in [0.5, 0.6) is 0 Å². The molecule has 0 atom stereocenters. The Labute approximate surface area is 160 Å². The van der Waals surface area contributed by atoms with E-state index in [0.29, 0.717) is 19.3 Å². The van der Waals surface area contributed by atoms with Gasteiger partial charge in [0.05, 0.1) is 0 Å². The van der Waals surface area contributed by atoms with Gasteiger partial charge in [-0.15, -0.1) is 12.3 Å². The van der Waals surface area contributed by atoms with Crippen molar-refractivity contribution in [3.05, 3.63) is 17.6 Å². The van der Waals surface area contributed by atoms with Crippen LogP contribution in [-0.2, 0) is 17.6 Å². The fourth-order valence-electron chi connectivity index (χ4n) is 4.13. The normalized spacial score (nSPS) is 20.2. The SMILES string of the molecule is C#CCCC1(CCC(=O)NC2CCN(c3ncnc4c3CCC4)CC2)N=N1. The van der Waals surface area contributed by atoms with Gasteiger partial charge in [-0.05, 0) is 32.1 Å². The third-order valence-electron chi connectivity index (χ3n) is 5.82. The van der Waals surface area contributed by atoms with Crippen molar-refractivity contribution in [1.29, 1.82) is 0 Å². The first-order valence-electron chi connectivity index (χ1n) is 9.94. The van der Waals surface area contributed by atoms with E-state index < -0.39 is 0 Å². The summed E-state index contributed by atoms with van der Waals surface area (Å²) >= 11 is 0. The number of hydrogen-bond donors (Lipinski definition) is 1. The lowest BCUT2D eigenvalue weighted by atomic mass is 10.0. The van der Waals surface area contributed by atoms with E-state index in [1.54, 1.807) is 6.33 Å². The molecule has 4 rings (SSSR count). The molecule has 0 saturated carbocycles. The van der Waals surface area contributed by atoms with Crippen molar-refractivity contribution < 1.29 is 4.79 Å². The van der Waals surface area contributed by atoms with E-state index in [1.165, 1.54) is 17.7 Å². The van der Waals surface area contributed by atoms with Gasteiger partial charge in [-0.1, -0.05) is 0 Å². The van der Waals surface area contributed by atoms with Gasteiger partial charge in [0.1, 0.15) is 12.1 Å². The van der Waals surface area contributed by atoms with Crippen LogP contribution in [0.25, 0.3) is 0 Å². The van der Waals surface area contributed by atoms with Crippen molar-refractivity contribution in [2.24, 2.45) is 10.2 Å². The number of anilines is 1. The first kappa shape index (κ1) is 17.9. The minimum absolute atomic E-state index is 0.0914. The first-order valence-corrected chi connectivity index (χ1v) is 9.94. The Morgan fingerprint density at radius 3 is 2.81 bits per heavy atom. The number of amides is 1. The van der Waals surface area contributed by atoms with Crippen molar-refractivity contribution in [1.82, 2.24) is 15.3 Å². The second kappa shape index (κ2) is 7.63. The van der Waals surface area contributed by atoms with Crippen LogP contribution < -0.4 is 10.2 Å². The predicted octanol–water partition coefficient (Wildman–Crippen LogP) is 2.41. The zero-order valence-electron chi connectivity index (χ0n) is 15.7. The minimum Gasteiger partial charge on any atom is -0.356 e. The molecule has 1 aromatic rings. The quantitative estimate of drug-likeness (QED) is 0.751. The molecular formula is C20H26N6O. The largest absolute Gasteiger partial charge is 0.356 e. The number of aryl methyl sites for hydroxylation is 1. The number of carbonyl (C=O) groups is 1. The third kappa shape index (κ3) is 4.10. The second-order valence-electron chi connectivity index (χ2n) is 7.69. The average molecular weight is 366 g/mol. The highest BCUT2D eigenvalue weighted by atomic mass is 16.1. The van der Waals surface area contributed by atoms with Crippen LogP contribution in [-0.4, -0.2) is 40.7 Å². The van der Waals surface area contributed by atoms with Crippen LogP contribution in [0.3, 0.4) is 0 Å². The summed E-state index contributed by atoms with van der Waals surface area (Å²) < 4.78 is 0. The van der Waals surface area contributed by atoms with E-state index in [1.807, 2.05) is 0 Å². The number of rotatable bonds is 7. The van der Waals surface area contributed by atoms with Crippen molar-refractivity contribution in [2.75, 3.05) is 18.0 Å². The van der Waals surface area contributed by atoms with Crippen molar-refractivity contribution in [2.45, 2.75) is 69.5 Å². The Kier molecular flexibility index (Phi) is 5.06. The number of carbonyl (C=O) groups excluding carboxylic acids is 1. The van der Waals surface area contributed by atoms with Gasteiger partial charge in [-0.2, -0.15) is 10.2 Å². The number of nitrogens with zero attached hydrogens (tertiary/aromatic N) is 5. The van der Waals surface area contributed by atoms with Crippen molar-refractivity contribution in [3.63, 3.8) is 0 Å². The fourth-order valence-corrected chi connectivity index (χ4v) is 4.13. The summed E-state index contributed by atoms with van der Waals surface area (Å²) in [7, 11) is 0. The molecule has 1 fully saturated rings.